The number of carbonyl (C=O) groups is 2. The summed E-state index contributed by atoms with van der Waals surface area (Å²) < 4.78 is 43.6. The summed E-state index contributed by atoms with van der Waals surface area (Å²) in [6.07, 6.45) is 7.10. The molecule has 0 saturated heterocycles. The van der Waals surface area contributed by atoms with Crippen molar-refractivity contribution in [2.75, 3.05) is 27.4 Å². The van der Waals surface area contributed by atoms with Gasteiger partial charge >= 0.3 is 6.61 Å². The molecule has 0 unspecified atom stereocenters. The molecule has 2 aliphatic rings. The number of nitrogens with zero attached hydrogens (tertiary/aromatic N) is 2. The molecule has 0 aliphatic heterocycles. The van der Waals surface area contributed by atoms with Gasteiger partial charge in [-0.2, -0.15) is 8.78 Å². The molecular formula is C27H29F2N3O5. The quantitative estimate of drug-likeness (QED) is 0.285. The van der Waals surface area contributed by atoms with E-state index in [1.165, 1.54) is 13.2 Å². The number of carbonyl (C=O) groups excluding carboxylic acids is 2. The fourth-order valence-corrected chi connectivity index (χ4v) is 4.75. The van der Waals surface area contributed by atoms with Crippen molar-refractivity contribution < 1.29 is 32.6 Å². The molecule has 2 aromatic heterocycles. The molecule has 0 atom stereocenters. The van der Waals surface area contributed by atoms with E-state index in [2.05, 4.69) is 10.3 Å². The normalized spacial score (nSPS) is 16.1. The van der Waals surface area contributed by atoms with Gasteiger partial charge < -0.3 is 19.5 Å². The van der Waals surface area contributed by atoms with E-state index < -0.39 is 12.0 Å². The molecule has 1 aromatic carbocycles. The molecular weight excluding hydrogens is 484 g/mol. The molecule has 1 amide bonds. The lowest BCUT2D eigenvalue weighted by Crippen LogP contribution is -2.36. The standard InChI is InChI=1S/C27H29F2N3O5/c1-35-10-8-30-25(34)27(6-7-27)18-5-9-32-19(15-31-23(32)14-18)17-12-21(36-2)24(20(33)11-16-3-4-16)22(13-17)37-26(28)29/h5,9,12-16,26H,3-4,6-8,10-11H2,1-2H3,(H,30,34). The van der Waals surface area contributed by atoms with Crippen molar-refractivity contribution in [1.29, 1.82) is 0 Å². The maximum atomic E-state index is 13.3. The van der Waals surface area contributed by atoms with Crippen molar-refractivity contribution in [3.63, 3.8) is 0 Å². The van der Waals surface area contributed by atoms with Crippen LogP contribution in [0, 0.1) is 5.92 Å². The van der Waals surface area contributed by atoms with E-state index in [1.807, 2.05) is 18.3 Å². The van der Waals surface area contributed by atoms with Crippen molar-refractivity contribution in [3.8, 4) is 22.8 Å². The number of nitrogens with one attached hydrogen (secondary N) is 1. The Balaban J connectivity index is 1.49. The van der Waals surface area contributed by atoms with Crippen LogP contribution in [0.1, 0.15) is 48.0 Å². The highest BCUT2D eigenvalue weighted by molar-refractivity contribution is 6.02. The predicted octanol–water partition coefficient (Wildman–Crippen LogP) is 4.39. The minimum Gasteiger partial charge on any atom is -0.496 e. The maximum Gasteiger partial charge on any atom is 0.387 e. The molecule has 37 heavy (non-hydrogen) atoms. The lowest BCUT2D eigenvalue weighted by molar-refractivity contribution is -0.123. The summed E-state index contributed by atoms with van der Waals surface area (Å²) in [4.78, 5) is 30.2. The Morgan fingerprint density at radius 1 is 1.19 bits per heavy atom. The Bertz CT molecular complexity index is 1330. The predicted molar refractivity (Wildman–Crippen MR) is 131 cm³/mol. The van der Waals surface area contributed by atoms with E-state index in [-0.39, 0.29) is 41.1 Å². The van der Waals surface area contributed by atoms with Crippen molar-refractivity contribution in [2.24, 2.45) is 5.92 Å². The Hall–Kier alpha value is -3.53. The zero-order valence-corrected chi connectivity index (χ0v) is 20.8. The second-order valence-electron chi connectivity index (χ2n) is 9.62. The van der Waals surface area contributed by atoms with Gasteiger partial charge in [0, 0.05) is 31.8 Å². The number of Topliss-reactive ketones (excluding diaryl/α,β-unsaturated/α-hetero) is 1. The first kappa shape index (κ1) is 25.1. The third-order valence-corrected chi connectivity index (χ3v) is 7.09. The summed E-state index contributed by atoms with van der Waals surface area (Å²) in [5.41, 5.74) is 2.04. The van der Waals surface area contributed by atoms with Crippen LogP contribution in [0.15, 0.2) is 36.7 Å². The number of hydrogen-bond donors (Lipinski definition) is 1. The second kappa shape index (κ2) is 10.1. The Kier molecular flexibility index (Phi) is 6.85. The van der Waals surface area contributed by atoms with Gasteiger partial charge in [0.05, 0.1) is 31.0 Å². The van der Waals surface area contributed by atoms with E-state index in [0.717, 1.165) is 31.2 Å². The number of rotatable bonds is 12. The van der Waals surface area contributed by atoms with E-state index in [1.54, 1.807) is 23.8 Å². The van der Waals surface area contributed by atoms with Gasteiger partial charge in [-0.3, -0.25) is 14.0 Å². The van der Waals surface area contributed by atoms with Crippen LogP contribution in [0.2, 0.25) is 0 Å². The first-order valence-electron chi connectivity index (χ1n) is 12.3. The van der Waals surface area contributed by atoms with Gasteiger partial charge in [0.25, 0.3) is 0 Å². The number of imidazole rings is 1. The van der Waals surface area contributed by atoms with E-state index >= 15 is 0 Å². The number of halogens is 2. The number of methoxy groups -OCH3 is 2. The van der Waals surface area contributed by atoms with Gasteiger partial charge in [-0.15, -0.1) is 0 Å². The summed E-state index contributed by atoms with van der Waals surface area (Å²) in [7, 11) is 2.98. The Morgan fingerprint density at radius 2 is 1.95 bits per heavy atom. The maximum absolute atomic E-state index is 13.3. The molecule has 2 saturated carbocycles. The molecule has 2 aliphatic carbocycles. The van der Waals surface area contributed by atoms with Crippen LogP contribution in [-0.4, -0.2) is 55.1 Å². The van der Waals surface area contributed by atoms with Gasteiger partial charge in [-0.05, 0) is 61.4 Å². The van der Waals surface area contributed by atoms with E-state index in [9.17, 15) is 18.4 Å². The van der Waals surface area contributed by atoms with Crippen LogP contribution in [0.3, 0.4) is 0 Å². The Morgan fingerprint density at radius 3 is 2.59 bits per heavy atom. The first-order chi connectivity index (χ1) is 17.9. The summed E-state index contributed by atoms with van der Waals surface area (Å²) in [5, 5.41) is 2.92. The summed E-state index contributed by atoms with van der Waals surface area (Å²) in [6.45, 7) is -2.21. The molecule has 0 bridgehead atoms. The summed E-state index contributed by atoms with van der Waals surface area (Å²) in [6, 6.07) is 6.81. The number of pyridine rings is 1. The lowest BCUT2D eigenvalue weighted by atomic mass is 9.96. The molecule has 5 rings (SSSR count). The number of ketones is 1. The molecule has 0 radical (unpaired) electrons. The number of aromatic nitrogens is 2. The highest BCUT2D eigenvalue weighted by Crippen LogP contribution is 2.49. The zero-order valence-electron chi connectivity index (χ0n) is 20.8. The average Bonchev–Trinajstić information content (AvgIpc) is 3.81. The number of hydrogen-bond acceptors (Lipinski definition) is 6. The van der Waals surface area contributed by atoms with Gasteiger partial charge in [0.2, 0.25) is 5.91 Å². The molecule has 0 spiro atoms. The van der Waals surface area contributed by atoms with Crippen LogP contribution in [0.5, 0.6) is 11.5 Å². The third-order valence-electron chi connectivity index (χ3n) is 7.09. The second-order valence-corrected chi connectivity index (χ2v) is 9.62. The summed E-state index contributed by atoms with van der Waals surface area (Å²) >= 11 is 0. The Labute approximate surface area is 212 Å². The van der Waals surface area contributed by atoms with Crippen molar-refractivity contribution in [2.45, 2.75) is 44.1 Å². The molecule has 1 N–H and O–H groups in total. The number of benzene rings is 1. The first-order valence-corrected chi connectivity index (χ1v) is 12.3. The van der Waals surface area contributed by atoms with Gasteiger partial charge in [0.15, 0.2) is 5.78 Å². The number of fused-ring (bicyclic) bond motifs is 1. The molecule has 2 fully saturated rings. The van der Waals surface area contributed by atoms with E-state index in [0.29, 0.717) is 30.1 Å². The highest BCUT2D eigenvalue weighted by Gasteiger charge is 2.51. The monoisotopic (exact) mass is 513 g/mol. The topological polar surface area (TPSA) is 91.2 Å². The SMILES string of the molecule is COCCNC(=O)C1(c2ccn3c(-c4cc(OC)c(C(=O)CC5CC5)c(OC(F)F)c4)cnc3c2)CC1. The lowest BCUT2D eigenvalue weighted by Gasteiger charge is -2.17. The third kappa shape index (κ3) is 5.02. The molecule has 10 heteroatoms. The average molecular weight is 514 g/mol. The number of alkyl halides is 2. The largest absolute Gasteiger partial charge is 0.496 e. The van der Waals surface area contributed by atoms with Crippen molar-refractivity contribution >= 4 is 17.3 Å². The van der Waals surface area contributed by atoms with Crippen LogP contribution in [-0.2, 0) is 14.9 Å². The molecule has 196 valence electrons. The van der Waals surface area contributed by atoms with Crippen LogP contribution in [0.4, 0.5) is 8.78 Å². The van der Waals surface area contributed by atoms with Gasteiger partial charge in [-0.1, -0.05) is 0 Å². The van der Waals surface area contributed by atoms with Gasteiger partial charge in [-0.25, -0.2) is 4.98 Å². The van der Waals surface area contributed by atoms with Crippen molar-refractivity contribution in [1.82, 2.24) is 14.7 Å². The summed E-state index contributed by atoms with van der Waals surface area (Å²) in [5.74, 6) is -0.0733. The van der Waals surface area contributed by atoms with E-state index in [4.69, 9.17) is 14.2 Å². The minimum atomic E-state index is -3.10. The fourth-order valence-electron chi connectivity index (χ4n) is 4.75. The van der Waals surface area contributed by atoms with Crippen molar-refractivity contribution in [3.05, 3.63) is 47.8 Å². The van der Waals surface area contributed by atoms with Crippen LogP contribution < -0.4 is 14.8 Å². The number of ether oxygens (including phenoxy) is 3. The molecule has 2 heterocycles. The fraction of sp³-hybridized carbons (Fsp3) is 0.444. The number of amides is 1. The zero-order chi connectivity index (χ0) is 26.2. The van der Waals surface area contributed by atoms with Crippen LogP contribution >= 0.6 is 0 Å². The highest BCUT2D eigenvalue weighted by atomic mass is 19.3. The smallest absolute Gasteiger partial charge is 0.387 e. The molecule has 8 nitrogen and oxygen atoms in total. The van der Waals surface area contributed by atoms with Crippen LogP contribution in [0.25, 0.3) is 16.9 Å². The molecule has 3 aromatic rings. The van der Waals surface area contributed by atoms with Gasteiger partial charge in [0.1, 0.15) is 22.7 Å². The minimum absolute atomic E-state index is 0.0321.